The molecular weight excluding hydrogens is 744 g/mol. The summed E-state index contributed by atoms with van der Waals surface area (Å²) in [6.45, 7) is 2.15. The van der Waals surface area contributed by atoms with Crippen molar-refractivity contribution in [2.45, 2.75) is 16.7 Å². The van der Waals surface area contributed by atoms with Gasteiger partial charge >= 0.3 is 0 Å². The molecule has 0 atom stereocenters. The zero-order chi connectivity index (χ0) is 28.9. The first-order chi connectivity index (χ1) is 21.1. The van der Waals surface area contributed by atoms with E-state index in [4.69, 9.17) is 9.92 Å². The van der Waals surface area contributed by atoms with Crippen molar-refractivity contribution in [3.8, 4) is 16.9 Å². The van der Waals surface area contributed by atoms with Gasteiger partial charge in [0.05, 0.1) is 7.05 Å². The number of anilines is 3. The van der Waals surface area contributed by atoms with Crippen LogP contribution in [0.3, 0.4) is 0 Å². The number of hydrogen-bond donors (Lipinski definition) is 0. The van der Waals surface area contributed by atoms with Gasteiger partial charge in [-0.05, 0) is 59.3 Å². The van der Waals surface area contributed by atoms with Gasteiger partial charge in [-0.15, -0.1) is 55.3 Å². The van der Waals surface area contributed by atoms with Crippen molar-refractivity contribution in [1.82, 2.24) is 9.55 Å². The van der Waals surface area contributed by atoms with Gasteiger partial charge < -0.3 is 4.57 Å². The zero-order valence-electron chi connectivity index (χ0n) is 24.0. The van der Waals surface area contributed by atoms with Gasteiger partial charge in [0.25, 0.3) is 0 Å². The van der Waals surface area contributed by atoms with Crippen LogP contribution in [0.4, 0.5) is 17.1 Å². The molecule has 0 unspecified atom stereocenters. The van der Waals surface area contributed by atoms with Crippen LogP contribution in [0.2, 0.25) is 0 Å². The van der Waals surface area contributed by atoms with Crippen molar-refractivity contribution in [3.05, 3.63) is 139 Å². The molecule has 7 aromatic rings. The third-order valence-electron chi connectivity index (χ3n) is 7.87. The molecule has 0 spiro atoms. The average molecular weight is 771 g/mol. The number of benzene rings is 5. The maximum absolute atomic E-state index is 4.84. The topological polar surface area (TPSA) is 37.1 Å². The Morgan fingerprint density at radius 1 is 0.727 bits per heavy atom. The molecule has 8 rings (SSSR count). The summed E-state index contributed by atoms with van der Waals surface area (Å²) in [6, 6.07) is 47.3. The van der Waals surface area contributed by atoms with Crippen molar-refractivity contribution in [3.63, 3.8) is 0 Å². The Kier molecular flexibility index (Phi) is 7.51. The molecule has 1 aliphatic rings. The van der Waals surface area contributed by atoms with E-state index >= 15 is 0 Å². The molecular formula is C37H27N4OPtS-. The van der Waals surface area contributed by atoms with E-state index in [-0.39, 0.29) is 21.1 Å². The van der Waals surface area contributed by atoms with Crippen molar-refractivity contribution in [2.75, 3.05) is 17.2 Å². The first-order valence-electron chi connectivity index (χ1n) is 14.2. The van der Waals surface area contributed by atoms with Crippen molar-refractivity contribution < 1.29 is 26.0 Å². The summed E-state index contributed by atoms with van der Waals surface area (Å²) in [5.41, 5.74) is 8.71. The van der Waals surface area contributed by atoms with E-state index in [9.17, 15) is 0 Å². The molecule has 0 saturated heterocycles. The predicted octanol–water partition coefficient (Wildman–Crippen LogP) is 9.33. The fraction of sp³-hybridized carbons (Fsp3) is 0.0541. The first-order valence-corrected chi connectivity index (χ1v) is 15.0. The van der Waals surface area contributed by atoms with Crippen LogP contribution in [-0.4, -0.2) is 21.5 Å². The van der Waals surface area contributed by atoms with Crippen LogP contribution in [0.25, 0.3) is 38.8 Å². The molecule has 5 aromatic carbocycles. The quantitative estimate of drug-likeness (QED) is 0.129. The number of nitrogens with zero attached hydrogens (tertiary/aromatic N) is 4. The Balaban J connectivity index is 0.00000312. The predicted molar refractivity (Wildman–Crippen MR) is 176 cm³/mol. The summed E-state index contributed by atoms with van der Waals surface area (Å²) >= 11 is 1.65. The maximum Gasteiger partial charge on any atom is 0.145 e. The van der Waals surface area contributed by atoms with E-state index < -0.39 is 0 Å². The fourth-order valence-electron chi connectivity index (χ4n) is 5.84. The number of pyridine rings is 1. The maximum atomic E-state index is 4.84. The van der Waals surface area contributed by atoms with Crippen molar-refractivity contribution in [2.24, 2.45) is 0 Å². The van der Waals surface area contributed by atoms with Gasteiger partial charge in [0.15, 0.2) is 0 Å². The molecule has 0 saturated carbocycles. The molecule has 0 bridgehead atoms. The largest absolute Gasteiger partial charge is 0.319 e. The number of aromatic nitrogens is 2. The number of rotatable bonds is 5. The summed E-state index contributed by atoms with van der Waals surface area (Å²) in [5, 5.41) is 6.17. The normalized spacial score (nSPS) is 12.5. The van der Waals surface area contributed by atoms with Gasteiger partial charge in [0.1, 0.15) is 17.2 Å². The Hall–Kier alpha value is -4.35. The fourth-order valence-corrected chi connectivity index (χ4v) is 6.66. The van der Waals surface area contributed by atoms with Gasteiger partial charge in [0.2, 0.25) is 0 Å². The molecule has 0 radical (unpaired) electrons. The average Bonchev–Trinajstić information content (AvgIpc) is 3.56. The standard InChI is InChI=1S/C37H26N4OS.Pt/c1-25-10-3-4-13-30(25)26-20-21-38-37(22-26)40-33-15-6-5-14-31(33)32-19-18-29(24-36(32)40)43-28-12-9-11-27(23-28)41-35-17-8-7-16-34(35)39(2)42-41;/h3-22H,1-2H3;/q-2;/p+1. The second-order valence-corrected chi connectivity index (χ2v) is 11.7. The minimum atomic E-state index is 0. The number of fused-ring (bicyclic) bond motifs is 4. The van der Waals surface area contributed by atoms with Gasteiger partial charge in [-0.3, -0.25) is 0 Å². The van der Waals surface area contributed by atoms with E-state index in [0.717, 1.165) is 54.7 Å². The molecule has 0 fully saturated rings. The van der Waals surface area contributed by atoms with E-state index in [2.05, 4.69) is 121 Å². The molecule has 1 N–H and O–H groups in total. The van der Waals surface area contributed by atoms with Crippen LogP contribution in [0.1, 0.15) is 5.56 Å². The van der Waals surface area contributed by atoms with Crippen LogP contribution in [0, 0.1) is 19.1 Å². The molecule has 0 amide bonds. The Labute approximate surface area is 274 Å². The second kappa shape index (κ2) is 11.6. The monoisotopic (exact) mass is 770 g/mol. The smallest absolute Gasteiger partial charge is 0.145 e. The Bertz CT molecular complexity index is 2160. The molecule has 3 heterocycles. The summed E-state index contributed by atoms with van der Waals surface area (Å²) in [4.78, 5) is 11.6. The molecule has 0 aliphatic carbocycles. The van der Waals surface area contributed by atoms with E-state index in [1.807, 2.05) is 41.6 Å². The SMILES string of the molecule is Cc1ccccc1-c1ccnc(-n2c3[c-]c(Sc4[c-]c(N5[OH+]N(C)c6ccccc65)ccc4)ccc3c3ccccc32)c1.[Pt]. The first kappa shape index (κ1) is 28.4. The van der Waals surface area contributed by atoms with Crippen LogP contribution in [-0.2, 0) is 21.1 Å². The van der Waals surface area contributed by atoms with Gasteiger partial charge in [-0.25, -0.2) is 4.98 Å². The summed E-state index contributed by atoms with van der Waals surface area (Å²) in [7, 11) is 1.96. The number of hydrogen-bond acceptors (Lipinski definition) is 4. The molecule has 218 valence electrons. The van der Waals surface area contributed by atoms with E-state index in [0.29, 0.717) is 0 Å². The number of hydroxylamine groups is 1. The molecule has 44 heavy (non-hydrogen) atoms. The number of aryl methyl sites for hydroxylation is 1. The Morgan fingerprint density at radius 2 is 1.50 bits per heavy atom. The zero-order valence-corrected chi connectivity index (χ0v) is 27.1. The number of para-hydroxylation sites is 3. The van der Waals surface area contributed by atoms with Crippen molar-refractivity contribution in [1.29, 1.82) is 0 Å². The molecule has 1 aliphatic heterocycles. The molecule has 5 nitrogen and oxygen atoms in total. The third-order valence-corrected chi connectivity index (χ3v) is 8.79. The molecule has 2 aromatic heterocycles. The van der Waals surface area contributed by atoms with Gasteiger partial charge in [-0.2, -0.15) is 29.2 Å². The summed E-state index contributed by atoms with van der Waals surface area (Å²) in [6.07, 6.45) is 1.90. The van der Waals surface area contributed by atoms with Crippen LogP contribution < -0.4 is 10.1 Å². The van der Waals surface area contributed by atoms with E-state index in [1.165, 1.54) is 16.5 Å². The third kappa shape index (κ3) is 4.89. The summed E-state index contributed by atoms with van der Waals surface area (Å²) in [5.74, 6) is 0.873. The van der Waals surface area contributed by atoms with Crippen LogP contribution >= 0.6 is 11.8 Å². The van der Waals surface area contributed by atoms with Crippen molar-refractivity contribution >= 4 is 50.6 Å². The molecule has 7 heteroatoms. The minimum absolute atomic E-state index is 0. The minimum Gasteiger partial charge on any atom is -0.319 e. The summed E-state index contributed by atoms with van der Waals surface area (Å²) < 4.78 is 2.23. The van der Waals surface area contributed by atoms with Crippen LogP contribution in [0.5, 0.6) is 0 Å². The second-order valence-electron chi connectivity index (χ2n) is 10.6. The Morgan fingerprint density at radius 3 is 2.39 bits per heavy atom. The van der Waals surface area contributed by atoms with E-state index in [1.54, 1.807) is 11.8 Å². The van der Waals surface area contributed by atoms with Gasteiger partial charge in [0, 0.05) is 38.5 Å². The van der Waals surface area contributed by atoms with Gasteiger partial charge in [-0.1, -0.05) is 60.1 Å². The van der Waals surface area contributed by atoms with Crippen LogP contribution in [0.15, 0.2) is 131 Å².